The maximum atomic E-state index is 13.5. The van der Waals surface area contributed by atoms with E-state index in [2.05, 4.69) is 5.32 Å². The number of hydrogen-bond acceptors (Lipinski definition) is 5. The first-order valence-electron chi connectivity index (χ1n) is 11.4. The summed E-state index contributed by atoms with van der Waals surface area (Å²) in [5, 5.41) is 13.2. The minimum Gasteiger partial charge on any atom is -0.502 e. The van der Waals surface area contributed by atoms with E-state index in [1.54, 1.807) is 0 Å². The Balaban J connectivity index is 1.58. The fraction of sp³-hybridized carbons (Fsp3) is 0.417. The molecule has 11 heteroatoms. The van der Waals surface area contributed by atoms with Gasteiger partial charge in [0.15, 0.2) is 5.75 Å². The van der Waals surface area contributed by atoms with Crippen LogP contribution in [0, 0.1) is 11.7 Å². The molecule has 35 heavy (non-hydrogen) atoms. The molecule has 2 aromatic rings. The fourth-order valence-corrected chi connectivity index (χ4v) is 6.17. The molecular weight excluding hydrogens is 500 g/mol. The lowest BCUT2D eigenvalue weighted by atomic mass is 9.77. The van der Waals surface area contributed by atoms with Gasteiger partial charge in [-0.3, -0.25) is 23.7 Å². The summed E-state index contributed by atoms with van der Waals surface area (Å²) in [6, 6.07) is 4.11. The SMILES string of the molecule is O=C(Cl)CC1CCCCC12NC(=O)c1c3c(c(O)c(=O)n12)C(=O)N(Cc1ccc(F)c(Cl)c1)CC3. The maximum absolute atomic E-state index is 13.5. The minimum absolute atomic E-state index is 0.0293. The molecule has 0 saturated heterocycles. The van der Waals surface area contributed by atoms with Gasteiger partial charge in [0.2, 0.25) is 5.24 Å². The number of aromatic nitrogens is 1. The molecule has 1 aromatic carbocycles. The molecule has 2 amide bonds. The first kappa shape index (κ1) is 23.8. The summed E-state index contributed by atoms with van der Waals surface area (Å²) < 4.78 is 14.8. The Morgan fingerprint density at radius 2 is 2.03 bits per heavy atom. The highest BCUT2D eigenvalue weighted by atomic mass is 35.5. The molecule has 0 radical (unpaired) electrons. The highest BCUT2D eigenvalue weighted by molar-refractivity contribution is 6.63. The molecule has 8 nitrogen and oxygen atoms in total. The number of fused-ring (bicyclic) bond motifs is 4. The van der Waals surface area contributed by atoms with Crippen molar-refractivity contribution in [1.29, 1.82) is 0 Å². The van der Waals surface area contributed by atoms with Crippen LogP contribution in [0.25, 0.3) is 0 Å². The third-order valence-corrected chi connectivity index (χ3v) is 7.77. The van der Waals surface area contributed by atoms with Gasteiger partial charge in [-0.25, -0.2) is 4.39 Å². The van der Waals surface area contributed by atoms with Crippen molar-refractivity contribution in [2.75, 3.05) is 6.54 Å². The summed E-state index contributed by atoms with van der Waals surface area (Å²) in [5.41, 5.74) is -1.30. The molecule has 1 aromatic heterocycles. The van der Waals surface area contributed by atoms with Crippen molar-refractivity contribution in [2.24, 2.45) is 5.92 Å². The number of carbonyl (C=O) groups excluding carboxylic acids is 3. The Morgan fingerprint density at radius 1 is 1.26 bits per heavy atom. The van der Waals surface area contributed by atoms with Crippen LogP contribution in [0.4, 0.5) is 4.39 Å². The number of halogens is 3. The summed E-state index contributed by atoms with van der Waals surface area (Å²) in [6.07, 6.45) is 2.71. The number of nitrogens with zero attached hydrogens (tertiary/aromatic N) is 2. The van der Waals surface area contributed by atoms with Gasteiger partial charge in [-0.2, -0.15) is 0 Å². The lowest BCUT2D eigenvalue weighted by Gasteiger charge is -2.42. The van der Waals surface area contributed by atoms with Crippen LogP contribution < -0.4 is 10.9 Å². The van der Waals surface area contributed by atoms with Crippen molar-refractivity contribution in [1.82, 2.24) is 14.8 Å². The van der Waals surface area contributed by atoms with Crippen molar-refractivity contribution in [3.8, 4) is 5.75 Å². The van der Waals surface area contributed by atoms with E-state index in [-0.39, 0.29) is 42.2 Å². The molecule has 1 spiro atoms. The Morgan fingerprint density at radius 3 is 2.74 bits per heavy atom. The summed E-state index contributed by atoms with van der Waals surface area (Å²) in [7, 11) is 0. The Labute approximate surface area is 209 Å². The average molecular weight is 522 g/mol. The highest BCUT2D eigenvalue weighted by Gasteiger charge is 2.53. The smallest absolute Gasteiger partial charge is 0.296 e. The normalized spacial score (nSPS) is 23.3. The molecule has 2 aliphatic heterocycles. The van der Waals surface area contributed by atoms with Crippen molar-refractivity contribution in [3.63, 3.8) is 0 Å². The van der Waals surface area contributed by atoms with Crippen molar-refractivity contribution in [3.05, 3.63) is 61.8 Å². The summed E-state index contributed by atoms with van der Waals surface area (Å²) >= 11 is 11.5. The number of aromatic hydroxyl groups is 1. The predicted molar refractivity (Wildman–Crippen MR) is 125 cm³/mol. The molecule has 5 rings (SSSR count). The quantitative estimate of drug-likeness (QED) is 0.600. The van der Waals surface area contributed by atoms with Crippen LogP contribution in [-0.4, -0.2) is 38.2 Å². The van der Waals surface area contributed by atoms with Crippen LogP contribution in [0.1, 0.15) is 64.1 Å². The maximum Gasteiger partial charge on any atom is 0.296 e. The minimum atomic E-state index is -1.18. The van der Waals surface area contributed by atoms with Gasteiger partial charge >= 0.3 is 0 Å². The number of rotatable bonds is 4. The Hall–Kier alpha value is -2.91. The summed E-state index contributed by atoms with van der Waals surface area (Å²) in [4.78, 5) is 53.2. The fourth-order valence-electron chi connectivity index (χ4n) is 5.78. The third kappa shape index (κ3) is 3.72. The Kier molecular flexibility index (Phi) is 5.88. The van der Waals surface area contributed by atoms with E-state index in [0.717, 1.165) is 6.42 Å². The van der Waals surface area contributed by atoms with Gasteiger partial charge in [0.1, 0.15) is 17.2 Å². The van der Waals surface area contributed by atoms with Crippen LogP contribution in [0.15, 0.2) is 23.0 Å². The van der Waals surface area contributed by atoms with E-state index in [0.29, 0.717) is 30.4 Å². The number of hydrogen-bond donors (Lipinski definition) is 2. The zero-order valence-electron chi connectivity index (χ0n) is 18.6. The zero-order valence-corrected chi connectivity index (χ0v) is 20.1. The lowest BCUT2D eigenvalue weighted by molar-refractivity contribution is -0.114. The second-order valence-corrected chi connectivity index (χ2v) is 10.1. The number of nitrogens with one attached hydrogen (secondary N) is 1. The monoisotopic (exact) mass is 521 g/mol. The van der Waals surface area contributed by atoms with Gasteiger partial charge in [-0.15, -0.1) is 0 Å². The molecule has 2 atom stereocenters. The molecule has 1 fully saturated rings. The molecule has 1 aliphatic carbocycles. The molecule has 2 N–H and O–H groups in total. The number of carbonyl (C=O) groups is 3. The summed E-state index contributed by atoms with van der Waals surface area (Å²) in [6.45, 7) is 0.307. The van der Waals surface area contributed by atoms with E-state index in [1.165, 1.54) is 27.7 Å². The molecule has 3 heterocycles. The first-order chi connectivity index (χ1) is 16.6. The molecule has 3 aliphatic rings. The van der Waals surface area contributed by atoms with Crippen LogP contribution in [-0.2, 0) is 23.4 Å². The lowest BCUT2D eigenvalue weighted by Crippen LogP contribution is -2.55. The van der Waals surface area contributed by atoms with Gasteiger partial charge in [0.05, 0.1) is 10.6 Å². The predicted octanol–water partition coefficient (Wildman–Crippen LogP) is 3.29. The summed E-state index contributed by atoms with van der Waals surface area (Å²) in [5.74, 6) is -2.84. The van der Waals surface area contributed by atoms with Gasteiger partial charge in [-0.05, 0) is 55.0 Å². The van der Waals surface area contributed by atoms with Crippen LogP contribution >= 0.6 is 23.2 Å². The number of benzene rings is 1. The van der Waals surface area contributed by atoms with Crippen molar-refractivity contribution < 1.29 is 23.9 Å². The molecule has 2 unspecified atom stereocenters. The van der Waals surface area contributed by atoms with Gasteiger partial charge in [0.25, 0.3) is 17.4 Å². The van der Waals surface area contributed by atoms with E-state index < -0.39 is 45.8 Å². The molecular formula is C24H22Cl2FN3O5. The van der Waals surface area contributed by atoms with Gasteiger partial charge in [-0.1, -0.05) is 24.1 Å². The second-order valence-electron chi connectivity index (χ2n) is 9.30. The van der Waals surface area contributed by atoms with E-state index in [1.807, 2.05) is 0 Å². The van der Waals surface area contributed by atoms with Crippen molar-refractivity contribution in [2.45, 2.75) is 50.7 Å². The van der Waals surface area contributed by atoms with Crippen molar-refractivity contribution >= 4 is 40.3 Å². The highest BCUT2D eigenvalue weighted by Crippen LogP contribution is 2.45. The number of amides is 2. The average Bonchev–Trinajstić information content (AvgIpc) is 3.10. The number of pyridine rings is 1. The Bertz CT molecular complexity index is 1340. The standard InChI is InChI=1S/C24H22Cl2FN3O5/c25-15-9-12(4-5-16(15)27)11-29-8-6-14-18(22(29)34)20(32)23(35)30-19(14)21(33)28-24(30)7-2-1-3-13(24)10-17(26)31/h4-5,9,13,32H,1-3,6-8,10-11H2,(H,28,33). The van der Waals surface area contributed by atoms with E-state index in [4.69, 9.17) is 23.2 Å². The van der Waals surface area contributed by atoms with E-state index >= 15 is 0 Å². The topological polar surface area (TPSA) is 109 Å². The molecule has 184 valence electrons. The van der Waals surface area contributed by atoms with Gasteiger partial charge in [0, 0.05) is 31.0 Å². The van der Waals surface area contributed by atoms with Gasteiger partial charge < -0.3 is 15.3 Å². The van der Waals surface area contributed by atoms with Crippen LogP contribution in [0.2, 0.25) is 5.02 Å². The third-order valence-electron chi connectivity index (χ3n) is 7.33. The van der Waals surface area contributed by atoms with Crippen LogP contribution in [0.3, 0.4) is 0 Å². The first-order valence-corrected chi connectivity index (χ1v) is 12.1. The largest absolute Gasteiger partial charge is 0.502 e. The molecule has 1 saturated carbocycles. The zero-order chi connectivity index (χ0) is 25.1. The second kappa shape index (κ2) is 8.64. The van der Waals surface area contributed by atoms with E-state index in [9.17, 15) is 28.7 Å². The van der Waals surface area contributed by atoms with Crippen LogP contribution in [0.5, 0.6) is 5.75 Å². The molecule has 0 bridgehead atoms.